The standard InChI is InChI=1S/C16H23N2O8P/c1-5-24-27(21,25-6-2)9-12(19)17-18-15-10-7-8-11(22-3)14(23-4)13(10)16(20)26-15/h7-8,15,18H,5-6,9H2,1-4H3,(H,17,19). The molecule has 0 radical (unpaired) electrons. The Morgan fingerprint density at radius 2 is 1.85 bits per heavy atom. The average Bonchev–Trinajstić information content (AvgIpc) is 2.95. The van der Waals surface area contributed by atoms with Crippen LogP contribution in [0, 0.1) is 0 Å². The molecule has 1 aliphatic rings. The molecule has 1 aromatic carbocycles. The van der Waals surface area contributed by atoms with Gasteiger partial charge in [0.2, 0.25) is 5.91 Å². The summed E-state index contributed by atoms with van der Waals surface area (Å²) in [6.07, 6.45) is -1.41. The number of hydrogen-bond acceptors (Lipinski definition) is 9. The number of amides is 1. The van der Waals surface area contributed by atoms with Crippen molar-refractivity contribution in [2.75, 3.05) is 33.6 Å². The first-order chi connectivity index (χ1) is 12.9. The zero-order valence-corrected chi connectivity index (χ0v) is 16.5. The van der Waals surface area contributed by atoms with Gasteiger partial charge in [0, 0.05) is 5.56 Å². The molecular weight excluding hydrogens is 379 g/mol. The van der Waals surface area contributed by atoms with Crippen LogP contribution >= 0.6 is 7.60 Å². The van der Waals surface area contributed by atoms with Crippen LogP contribution in [0.25, 0.3) is 0 Å². The Labute approximate surface area is 156 Å². The van der Waals surface area contributed by atoms with Gasteiger partial charge in [-0.3, -0.25) is 14.8 Å². The molecule has 10 nitrogen and oxygen atoms in total. The van der Waals surface area contributed by atoms with E-state index in [4.69, 9.17) is 23.3 Å². The van der Waals surface area contributed by atoms with Gasteiger partial charge in [-0.15, -0.1) is 0 Å². The fourth-order valence-corrected chi connectivity index (χ4v) is 4.07. The van der Waals surface area contributed by atoms with E-state index < -0.39 is 31.9 Å². The molecular formula is C16H23N2O8P. The first-order valence-electron chi connectivity index (χ1n) is 8.27. The van der Waals surface area contributed by atoms with E-state index in [1.165, 1.54) is 14.2 Å². The summed E-state index contributed by atoms with van der Waals surface area (Å²) in [6.45, 7) is 3.59. The molecule has 1 unspecified atom stereocenters. The summed E-state index contributed by atoms with van der Waals surface area (Å²) in [5.74, 6) is -0.632. The van der Waals surface area contributed by atoms with E-state index in [-0.39, 0.29) is 24.5 Å². The number of esters is 1. The predicted octanol–water partition coefficient (Wildman–Crippen LogP) is 1.76. The van der Waals surface area contributed by atoms with Crippen LogP contribution in [0.3, 0.4) is 0 Å². The van der Waals surface area contributed by atoms with E-state index in [0.29, 0.717) is 11.3 Å². The fourth-order valence-electron chi connectivity index (χ4n) is 2.59. The molecule has 27 heavy (non-hydrogen) atoms. The first-order valence-corrected chi connectivity index (χ1v) is 10.00. The normalized spacial score (nSPS) is 15.9. The molecule has 0 bridgehead atoms. The summed E-state index contributed by atoms with van der Waals surface area (Å²) in [6, 6.07) is 3.24. The van der Waals surface area contributed by atoms with Gasteiger partial charge in [0.05, 0.1) is 27.4 Å². The maximum Gasteiger partial charge on any atom is 0.344 e. The van der Waals surface area contributed by atoms with E-state index >= 15 is 0 Å². The average molecular weight is 402 g/mol. The highest BCUT2D eigenvalue weighted by Gasteiger charge is 2.36. The Balaban J connectivity index is 2.08. The van der Waals surface area contributed by atoms with E-state index in [2.05, 4.69) is 10.9 Å². The Kier molecular flexibility index (Phi) is 7.20. The second kappa shape index (κ2) is 9.18. The minimum absolute atomic E-state index is 0.146. The number of carbonyl (C=O) groups is 2. The number of hydrogen-bond donors (Lipinski definition) is 2. The van der Waals surface area contributed by atoms with Crippen LogP contribution in [-0.2, 0) is 23.1 Å². The number of carbonyl (C=O) groups excluding carboxylic acids is 2. The maximum atomic E-state index is 12.4. The Morgan fingerprint density at radius 1 is 1.19 bits per heavy atom. The van der Waals surface area contributed by atoms with E-state index in [1.807, 2.05) is 0 Å². The lowest BCUT2D eigenvalue weighted by Crippen LogP contribution is -2.41. The number of hydrazine groups is 1. The Morgan fingerprint density at radius 3 is 2.41 bits per heavy atom. The topological polar surface area (TPSA) is 121 Å². The lowest BCUT2D eigenvalue weighted by Gasteiger charge is -2.18. The molecule has 0 aromatic heterocycles. The number of fused-ring (bicyclic) bond motifs is 1. The lowest BCUT2D eigenvalue weighted by atomic mass is 10.1. The first kappa shape index (κ1) is 21.2. The van der Waals surface area contributed by atoms with Crippen LogP contribution in [-0.4, -0.2) is 45.5 Å². The van der Waals surface area contributed by atoms with Gasteiger partial charge in [-0.05, 0) is 26.0 Å². The Bertz CT molecular complexity index is 744. The molecule has 2 N–H and O–H groups in total. The van der Waals surface area contributed by atoms with E-state index in [1.54, 1.807) is 26.0 Å². The minimum atomic E-state index is -3.53. The summed E-state index contributed by atoms with van der Waals surface area (Å²) in [7, 11) is -0.671. The van der Waals surface area contributed by atoms with Gasteiger partial charge in [0.1, 0.15) is 11.7 Å². The predicted molar refractivity (Wildman–Crippen MR) is 94.7 cm³/mol. The zero-order valence-electron chi connectivity index (χ0n) is 15.6. The third-order valence-electron chi connectivity index (χ3n) is 3.62. The smallest absolute Gasteiger partial charge is 0.344 e. The van der Waals surface area contributed by atoms with Gasteiger partial charge < -0.3 is 23.3 Å². The SMILES string of the molecule is CCOP(=O)(CC(=O)NNC1OC(=O)c2c1ccc(OC)c2OC)OCC. The van der Waals surface area contributed by atoms with Gasteiger partial charge in [0.25, 0.3) is 0 Å². The highest BCUT2D eigenvalue weighted by atomic mass is 31.2. The quantitative estimate of drug-likeness (QED) is 0.342. The maximum absolute atomic E-state index is 12.4. The van der Waals surface area contributed by atoms with E-state index in [0.717, 1.165) is 0 Å². The molecule has 0 fully saturated rings. The summed E-state index contributed by atoms with van der Waals surface area (Å²) in [5.41, 5.74) is 5.62. The minimum Gasteiger partial charge on any atom is -0.493 e. The molecule has 1 heterocycles. The van der Waals surface area contributed by atoms with E-state index in [9.17, 15) is 14.2 Å². The van der Waals surface area contributed by atoms with Crippen LogP contribution in [0.1, 0.15) is 36.0 Å². The molecule has 0 spiro atoms. The third-order valence-corrected chi connectivity index (χ3v) is 5.60. The number of rotatable bonds is 10. The van der Waals surface area contributed by atoms with Crippen molar-refractivity contribution in [1.82, 2.24) is 10.9 Å². The van der Waals surface area contributed by atoms with Crippen LogP contribution in [0.15, 0.2) is 12.1 Å². The molecule has 2 rings (SSSR count). The molecule has 11 heteroatoms. The van der Waals surface area contributed by atoms with Crippen molar-refractivity contribution in [3.63, 3.8) is 0 Å². The fraction of sp³-hybridized carbons (Fsp3) is 0.500. The summed E-state index contributed by atoms with van der Waals surface area (Å²) in [5, 5.41) is 0. The number of ether oxygens (including phenoxy) is 3. The van der Waals surface area contributed by atoms with Crippen molar-refractivity contribution >= 4 is 19.5 Å². The number of methoxy groups -OCH3 is 2. The summed E-state index contributed by atoms with van der Waals surface area (Å²) in [4.78, 5) is 24.3. The molecule has 150 valence electrons. The van der Waals surface area contributed by atoms with Crippen LogP contribution < -0.4 is 20.3 Å². The third kappa shape index (κ3) is 4.78. The van der Waals surface area contributed by atoms with Crippen LogP contribution in [0.4, 0.5) is 0 Å². The van der Waals surface area contributed by atoms with Gasteiger partial charge in [-0.2, -0.15) is 5.43 Å². The highest BCUT2D eigenvalue weighted by Crippen LogP contribution is 2.47. The van der Waals surface area contributed by atoms with Crippen molar-refractivity contribution in [2.45, 2.75) is 20.1 Å². The van der Waals surface area contributed by atoms with Gasteiger partial charge in [-0.25, -0.2) is 4.79 Å². The molecule has 1 amide bonds. The number of nitrogens with one attached hydrogen (secondary N) is 2. The van der Waals surface area contributed by atoms with Gasteiger partial charge in [-0.1, -0.05) is 0 Å². The number of benzene rings is 1. The zero-order chi connectivity index (χ0) is 20.0. The van der Waals surface area contributed by atoms with Crippen molar-refractivity contribution in [3.8, 4) is 11.5 Å². The summed E-state index contributed by atoms with van der Waals surface area (Å²) >= 11 is 0. The molecule has 0 saturated heterocycles. The largest absolute Gasteiger partial charge is 0.493 e. The second-order valence-corrected chi connectivity index (χ2v) is 7.40. The Hall–Kier alpha value is -2.13. The molecule has 1 aliphatic heterocycles. The van der Waals surface area contributed by atoms with Crippen LogP contribution in [0.5, 0.6) is 11.5 Å². The van der Waals surface area contributed by atoms with Crippen molar-refractivity contribution in [2.24, 2.45) is 0 Å². The lowest BCUT2D eigenvalue weighted by molar-refractivity contribution is -0.121. The van der Waals surface area contributed by atoms with Gasteiger partial charge in [0.15, 0.2) is 17.7 Å². The molecule has 1 atom stereocenters. The highest BCUT2D eigenvalue weighted by molar-refractivity contribution is 7.54. The van der Waals surface area contributed by atoms with Crippen LogP contribution in [0.2, 0.25) is 0 Å². The second-order valence-electron chi connectivity index (χ2n) is 5.35. The van der Waals surface area contributed by atoms with Crippen molar-refractivity contribution < 1.29 is 37.4 Å². The van der Waals surface area contributed by atoms with Crippen molar-refractivity contribution in [3.05, 3.63) is 23.3 Å². The monoisotopic (exact) mass is 402 g/mol. The molecule has 0 saturated carbocycles. The molecule has 1 aromatic rings. The van der Waals surface area contributed by atoms with Crippen molar-refractivity contribution in [1.29, 1.82) is 0 Å². The molecule has 0 aliphatic carbocycles. The number of cyclic esters (lactones) is 1. The van der Waals surface area contributed by atoms with Gasteiger partial charge >= 0.3 is 13.6 Å². The summed E-state index contributed by atoms with van der Waals surface area (Å²) < 4.78 is 38.1.